The highest BCUT2D eigenvalue weighted by Gasteiger charge is 2.13. The molecular formula is C17H24Cl2N4OS. The van der Waals surface area contributed by atoms with E-state index in [1.54, 1.807) is 11.3 Å². The largest absolute Gasteiger partial charge is 0.351 e. The summed E-state index contributed by atoms with van der Waals surface area (Å²) in [6, 6.07) is 5.83. The van der Waals surface area contributed by atoms with Crippen molar-refractivity contribution in [2.24, 2.45) is 0 Å². The fraction of sp³-hybridized carbons (Fsp3) is 0.412. The van der Waals surface area contributed by atoms with Crippen molar-refractivity contribution in [2.45, 2.75) is 6.92 Å². The lowest BCUT2D eigenvalue weighted by atomic mass is 10.1. The van der Waals surface area contributed by atoms with Crippen LogP contribution < -0.4 is 10.6 Å². The smallest absolute Gasteiger partial charge is 0.253 e. The van der Waals surface area contributed by atoms with Crippen molar-refractivity contribution in [3.8, 4) is 11.3 Å². The van der Waals surface area contributed by atoms with Gasteiger partial charge in [0.2, 0.25) is 0 Å². The van der Waals surface area contributed by atoms with E-state index in [0.29, 0.717) is 12.1 Å². The highest BCUT2D eigenvalue weighted by atomic mass is 35.5. The number of pyridine rings is 1. The van der Waals surface area contributed by atoms with Crippen molar-refractivity contribution < 1.29 is 4.79 Å². The minimum atomic E-state index is -0.0398. The minimum absolute atomic E-state index is 0. The molecule has 2 N–H and O–H groups in total. The van der Waals surface area contributed by atoms with Crippen molar-refractivity contribution in [1.29, 1.82) is 0 Å². The molecule has 0 aliphatic carbocycles. The Balaban J connectivity index is 0.00000156. The summed E-state index contributed by atoms with van der Waals surface area (Å²) in [5.41, 5.74) is 3.45. The SMILES string of the molecule is Cc1nc(-c2ccsc2)ccc1C(=O)NCCN1CCNCC1.Cl.Cl. The average Bonchev–Trinajstić information content (AvgIpc) is 3.10. The topological polar surface area (TPSA) is 57.3 Å². The van der Waals surface area contributed by atoms with Crippen LogP contribution in [-0.4, -0.2) is 55.1 Å². The number of carbonyl (C=O) groups is 1. The third-order valence-corrected chi connectivity index (χ3v) is 4.75. The van der Waals surface area contributed by atoms with Crippen molar-refractivity contribution in [3.05, 3.63) is 40.2 Å². The molecule has 2 aromatic heterocycles. The fourth-order valence-corrected chi connectivity index (χ4v) is 3.38. The number of carbonyl (C=O) groups excluding carboxylic acids is 1. The molecule has 0 bridgehead atoms. The van der Waals surface area contributed by atoms with Crippen LogP contribution in [0.5, 0.6) is 0 Å². The number of rotatable bonds is 5. The first kappa shape index (κ1) is 21.9. The van der Waals surface area contributed by atoms with Crippen LogP contribution in [0.3, 0.4) is 0 Å². The molecule has 3 rings (SSSR count). The molecule has 3 heterocycles. The maximum Gasteiger partial charge on any atom is 0.253 e. The minimum Gasteiger partial charge on any atom is -0.351 e. The monoisotopic (exact) mass is 402 g/mol. The molecule has 5 nitrogen and oxygen atoms in total. The van der Waals surface area contributed by atoms with Gasteiger partial charge in [-0.2, -0.15) is 11.3 Å². The Hall–Kier alpha value is -1.18. The van der Waals surface area contributed by atoms with Gasteiger partial charge >= 0.3 is 0 Å². The molecule has 8 heteroatoms. The fourth-order valence-electron chi connectivity index (χ4n) is 2.73. The molecule has 1 saturated heterocycles. The second-order valence-electron chi connectivity index (χ2n) is 5.69. The number of aryl methyl sites for hydroxylation is 1. The van der Waals surface area contributed by atoms with Crippen LogP contribution in [0.15, 0.2) is 29.0 Å². The number of piperazine rings is 1. The molecule has 0 unspecified atom stereocenters. The maximum absolute atomic E-state index is 12.3. The Morgan fingerprint density at radius 2 is 2.04 bits per heavy atom. The quantitative estimate of drug-likeness (QED) is 0.806. The molecule has 1 amide bonds. The summed E-state index contributed by atoms with van der Waals surface area (Å²) < 4.78 is 0. The van der Waals surface area contributed by atoms with E-state index >= 15 is 0 Å². The van der Waals surface area contributed by atoms with Gasteiger partial charge in [-0.05, 0) is 30.5 Å². The molecule has 1 aliphatic rings. The first-order chi connectivity index (χ1) is 11.2. The van der Waals surface area contributed by atoms with Gasteiger partial charge in [0.15, 0.2) is 0 Å². The number of amides is 1. The van der Waals surface area contributed by atoms with Crippen LogP contribution in [0.4, 0.5) is 0 Å². The van der Waals surface area contributed by atoms with Crippen molar-refractivity contribution >= 4 is 42.1 Å². The zero-order valence-electron chi connectivity index (χ0n) is 14.2. The number of nitrogens with one attached hydrogen (secondary N) is 2. The standard InChI is InChI=1S/C17H22N4OS.2ClH/c1-13-15(2-3-16(20-13)14-4-11-23-12-14)17(22)19-7-10-21-8-5-18-6-9-21;;/h2-4,11-12,18H,5-10H2,1H3,(H,19,22);2*1H. The summed E-state index contributed by atoms with van der Waals surface area (Å²) in [4.78, 5) is 19.2. The Morgan fingerprint density at radius 3 is 2.68 bits per heavy atom. The first-order valence-electron chi connectivity index (χ1n) is 7.95. The number of hydrogen-bond acceptors (Lipinski definition) is 5. The van der Waals surface area contributed by atoms with Crippen molar-refractivity contribution in [2.75, 3.05) is 39.3 Å². The summed E-state index contributed by atoms with van der Waals surface area (Å²) in [6.07, 6.45) is 0. The molecule has 2 aromatic rings. The van der Waals surface area contributed by atoms with Crippen molar-refractivity contribution in [1.82, 2.24) is 20.5 Å². The lowest BCUT2D eigenvalue weighted by Gasteiger charge is -2.27. The second-order valence-corrected chi connectivity index (χ2v) is 6.47. The number of hydrogen-bond donors (Lipinski definition) is 2. The van der Waals surface area contributed by atoms with Gasteiger partial charge in [0.05, 0.1) is 17.0 Å². The zero-order valence-corrected chi connectivity index (χ0v) is 16.6. The second kappa shape index (κ2) is 10.7. The number of aromatic nitrogens is 1. The van der Waals surface area contributed by atoms with Gasteiger partial charge in [-0.15, -0.1) is 24.8 Å². The van der Waals surface area contributed by atoms with Crippen molar-refractivity contribution in [3.63, 3.8) is 0 Å². The molecule has 0 radical (unpaired) electrons. The van der Waals surface area contributed by atoms with E-state index in [-0.39, 0.29) is 30.7 Å². The summed E-state index contributed by atoms with van der Waals surface area (Å²) in [7, 11) is 0. The Labute approximate surface area is 165 Å². The predicted octanol–water partition coefficient (Wildman–Crippen LogP) is 2.60. The van der Waals surface area contributed by atoms with E-state index in [2.05, 4.69) is 25.9 Å². The molecule has 25 heavy (non-hydrogen) atoms. The van der Waals surface area contributed by atoms with E-state index in [9.17, 15) is 4.79 Å². The van der Waals surface area contributed by atoms with Crippen LogP contribution in [-0.2, 0) is 0 Å². The van der Waals surface area contributed by atoms with Crippen LogP contribution in [0.1, 0.15) is 16.1 Å². The molecule has 0 spiro atoms. The molecule has 138 valence electrons. The molecule has 0 atom stereocenters. The van der Waals surface area contributed by atoms with Gasteiger partial charge in [0, 0.05) is 50.2 Å². The van der Waals surface area contributed by atoms with Crippen LogP contribution in [0.25, 0.3) is 11.3 Å². The maximum atomic E-state index is 12.3. The summed E-state index contributed by atoms with van der Waals surface area (Å²) in [5.74, 6) is -0.0398. The Kier molecular flexibility index (Phi) is 9.38. The average molecular weight is 403 g/mol. The van der Waals surface area contributed by atoms with Crippen LogP contribution >= 0.6 is 36.2 Å². The number of nitrogens with zero attached hydrogens (tertiary/aromatic N) is 2. The third-order valence-electron chi connectivity index (χ3n) is 4.07. The predicted molar refractivity (Wildman–Crippen MR) is 108 cm³/mol. The Morgan fingerprint density at radius 1 is 1.28 bits per heavy atom. The van der Waals surface area contributed by atoms with E-state index in [4.69, 9.17) is 0 Å². The van der Waals surface area contributed by atoms with Gasteiger partial charge in [0.1, 0.15) is 0 Å². The normalized spacial score (nSPS) is 14.3. The van der Waals surface area contributed by atoms with Crippen LogP contribution in [0, 0.1) is 6.92 Å². The molecular weight excluding hydrogens is 379 g/mol. The van der Waals surface area contributed by atoms with E-state index in [1.807, 2.05) is 30.5 Å². The van der Waals surface area contributed by atoms with Gasteiger partial charge < -0.3 is 10.6 Å². The lowest BCUT2D eigenvalue weighted by molar-refractivity contribution is 0.0946. The number of thiophene rings is 1. The van der Waals surface area contributed by atoms with E-state index in [0.717, 1.165) is 49.7 Å². The zero-order chi connectivity index (χ0) is 16.1. The summed E-state index contributed by atoms with van der Waals surface area (Å²) in [5, 5.41) is 10.4. The third kappa shape index (κ3) is 5.94. The van der Waals surface area contributed by atoms with Crippen LogP contribution in [0.2, 0.25) is 0 Å². The highest BCUT2D eigenvalue weighted by Crippen LogP contribution is 2.21. The highest BCUT2D eigenvalue weighted by molar-refractivity contribution is 7.08. The molecule has 1 fully saturated rings. The van der Waals surface area contributed by atoms with Gasteiger partial charge in [-0.3, -0.25) is 14.7 Å². The molecule has 0 aromatic carbocycles. The molecule has 1 aliphatic heterocycles. The summed E-state index contributed by atoms with van der Waals surface area (Å²) >= 11 is 1.65. The van der Waals surface area contributed by atoms with Gasteiger partial charge in [0.25, 0.3) is 5.91 Å². The van der Waals surface area contributed by atoms with Gasteiger partial charge in [-0.25, -0.2) is 0 Å². The number of halogens is 2. The Bertz CT molecular complexity index is 661. The van der Waals surface area contributed by atoms with E-state index < -0.39 is 0 Å². The van der Waals surface area contributed by atoms with E-state index in [1.165, 1.54) is 0 Å². The summed E-state index contributed by atoms with van der Waals surface area (Å²) in [6.45, 7) is 7.61. The molecule has 0 saturated carbocycles. The first-order valence-corrected chi connectivity index (χ1v) is 8.90. The van der Waals surface area contributed by atoms with Gasteiger partial charge in [-0.1, -0.05) is 0 Å². The lowest BCUT2D eigenvalue weighted by Crippen LogP contribution is -2.46.